The van der Waals surface area contributed by atoms with E-state index in [2.05, 4.69) is 11.4 Å². The summed E-state index contributed by atoms with van der Waals surface area (Å²) in [6.45, 7) is 1.43. The molecule has 1 rings (SSSR count). The maximum absolute atomic E-state index is 8.51. The fourth-order valence-electron chi connectivity index (χ4n) is 0.888. The Labute approximate surface area is 77.2 Å². The minimum absolute atomic E-state index is 0.149. The van der Waals surface area contributed by atoms with Crippen molar-refractivity contribution in [1.29, 1.82) is 0 Å². The summed E-state index contributed by atoms with van der Waals surface area (Å²) in [4.78, 5) is 0. The van der Waals surface area contributed by atoms with E-state index in [4.69, 9.17) is 16.7 Å². The van der Waals surface area contributed by atoms with E-state index in [1.807, 2.05) is 12.1 Å². The second-order valence-electron chi connectivity index (χ2n) is 2.42. The third-order valence-electron chi connectivity index (χ3n) is 1.50. The van der Waals surface area contributed by atoms with Gasteiger partial charge in [-0.3, -0.25) is 0 Å². The van der Waals surface area contributed by atoms with Crippen LogP contribution in [0, 0.1) is 6.07 Å². The second-order valence-corrected chi connectivity index (χ2v) is 2.83. The van der Waals surface area contributed by atoms with Crippen molar-refractivity contribution in [3.05, 3.63) is 34.9 Å². The van der Waals surface area contributed by atoms with Gasteiger partial charge in [-0.05, 0) is 17.7 Å². The van der Waals surface area contributed by atoms with Gasteiger partial charge in [0.05, 0.1) is 6.61 Å². The van der Waals surface area contributed by atoms with E-state index in [0.717, 1.165) is 5.56 Å². The molecule has 0 heterocycles. The van der Waals surface area contributed by atoms with Gasteiger partial charge in [-0.15, -0.1) is 0 Å². The zero-order chi connectivity index (χ0) is 8.81. The van der Waals surface area contributed by atoms with Gasteiger partial charge in [0.15, 0.2) is 0 Å². The van der Waals surface area contributed by atoms with Crippen LogP contribution in [0.2, 0.25) is 5.02 Å². The third-order valence-corrected chi connectivity index (χ3v) is 1.85. The predicted molar refractivity (Wildman–Crippen MR) is 49.1 cm³/mol. The molecule has 0 spiro atoms. The summed E-state index contributed by atoms with van der Waals surface area (Å²) < 4.78 is 0. The van der Waals surface area contributed by atoms with Gasteiger partial charge in [0.2, 0.25) is 0 Å². The predicted octanol–water partition coefficient (Wildman–Crippen LogP) is 1.22. The molecule has 65 valence electrons. The number of hydrogen-bond acceptors (Lipinski definition) is 2. The van der Waals surface area contributed by atoms with Gasteiger partial charge < -0.3 is 10.4 Å². The average molecular weight is 185 g/mol. The first-order chi connectivity index (χ1) is 5.84. The zero-order valence-electron chi connectivity index (χ0n) is 6.68. The van der Waals surface area contributed by atoms with Gasteiger partial charge in [-0.2, -0.15) is 0 Å². The molecular weight excluding hydrogens is 174 g/mol. The van der Waals surface area contributed by atoms with Gasteiger partial charge in [0.1, 0.15) is 0 Å². The maximum Gasteiger partial charge on any atom is 0.0556 e. The lowest BCUT2D eigenvalue weighted by Crippen LogP contribution is -2.17. The van der Waals surface area contributed by atoms with E-state index >= 15 is 0 Å². The molecule has 1 aromatic rings. The van der Waals surface area contributed by atoms with Gasteiger partial charge in [-0.25, -0.2) is 0 Å². The van der Waals surface area contributed by atoms with Crippen LogP contribution in [0.25, 0.3) is 0 Å². The molecule has 2 N–H and O–H groups in total. The molecule has 0 amide bonds. The van der Waals surface area contributed by atoms with Gasteiger partial charge in [0.25, 0.3) is 0 Å². The molecule has 1 aromatic carbocycles. The topological polar surface area (TPSA) is 32.3 Å². The van der Waals surface area contributed by atoms with Gasteiger partial charge in [-0.1, -0.05) is 23.7 Å². The smallest absolute Gasteiger partial charge is 0.0556 e. The molecule has 0 bridgehead atoms. The van der Waals surface area contributed by atoms with Crippen LogP contribution in [0.5, 0.6) is 0 Å². The third kappa shape index (κ3) is 2.81. The first kappa shape index (κ1) is 9.52. The van der Waals surface area contributed by atoms with Crippen LogP contribution in [0.15, 0.2) is 18.2 Å². The second kappa shape index (κ2) is 5.14. The maximum atomic E-state index is 8.51. The first-order valence-corrected chi connectivity index (χ1v) is 4.18. The fraction of sp³-hybridized carbons (Fsp3) is 0.333. The number of aliphatic hydroxyl groups is 1. The summed E-state index contributed by atoms with van der Waals surface area (Å²) in [7, 11) is 0. The normalized spacial score (nSPS) is 10.2. The van der Waals surface area contributed by atoms with Crippen molar-refractivity contribution in [2.24, 2.45) is 0 Å². The van der Waals surface area contributed by atoms with E-state index in [-0.39, 0.29) is 6.61 Å². The van der Waals surface area contributed by atoms with Crippen molar-refractivity contribution >= 4 is 11.6 Å². The molecule has 0 aliphatic rings. The molecule has 0 saturated heterocycles. The highest BCUT2D eigenvalue weighted by molar-refractivity contribution is 6.31. The van der Waals surface area contributed by atoms with Crippen molar-refractivity contribution < 1.29 is 5.11 Å². The van der Waals surface area contributed by atoms with E-state index in [1.165, 1.54) is 0 Å². The number of nitrogens with one attached hydrogen (secondary N) is 1. The van der Waals surface area contributed by atoms with Crippen LogP contribution < -0.4 is 5.32 Å². The summed E-state index contributed by atoms with van der Waals surface area (Å²) in [5, 5.41) is 12.3. The number of hydrogen-bond donors (Lipinski definition) is 2. The quantitative estimate of drug-likeness (QED) is 0.690. The Morgan fingerprint density at radius 3 is 3.08 bits per heavy atom. The molecule has 3 heteroatoms. The molecule has 0 unspecified atom stereocenters. The summed E-state index contributed by atoms with van der Waals surface area (Å²) in [5.41, 5.74) is 1.03. The summed E-state index contributed by atoms with van der Waals surface area (Å²) >= 11 is 5.87. The Hall–Kier alpha value is -0.570. The number of benzene rings is 1. The first-order valence-electron chi connectivity index (χ1n) is 3.80. The highest BCUT2D eigenvalue weighted by Crippen LogP contribution is 2.13. The number of rotatable bonds is 4. The lowest BCUT2D eigenvalue weighted by Gasteiger charge is -2.03. The van der Waals surface area contributed by atoms with Crippen LogP contribution in [0.3, 0.4) is 0 Å². The molecule has 0 fully saturated rings. The van der Waals surface area contributed by atoms with Gasteiger partial charge in [0, 0.05) is 18.1 Å². The highest BCUT2D eigenvalue weighted by Gasteiger charge is 1.96. The molecule has 2 nitrogen and oxygen atoms in total. The molecule has 12 heavy (non-hydrogen) atoms. The molecular formula is C9H11ClNO. The standard InChI is InChI=1S/C9H11ClNO/c10-9-4-2-1-3-8(9)7-11-5-6-12/h1,3-4,11-12H,5-7H2. The van der Waals surface area contributed by atoms with E-state index in [1.54, 1.807) is 6.07 Å². The SMILES string of the molecule is OCCNCc1cc[c]cc1Cl. The van der Waals surface area contributed by atoms with Gasteiger partial charge >= 0.3 is 0 Å². The van der Waals surface area contributed by atoms with Crippen molar-refractivity contribution in [3.63, 3.8) is 0 Å². The summed E-state index contributed by atoms with van der Waals surface area (Å²) in [6.07, 6.45) is 0. The van der Waals surface area contributed by atoms with E-state index in [9.17, 15) is 0 Å². The van der Waals surface area contributed by atoms with Crippen LogP contribution in [0.4, 0.5) is 0 Å². The minimum Gasteiger partial charge on any atom is -0.395 e. The number of aliphatic hydroxyl groups excluding tert-OH is 1. The molecule has 0 aromatic heterocycles. The molecule has 0 saturated carbocycles. The van der Waals surface area contributed by atoms with Crippen molar-refractivity contribution in [3.8, 4) is 0 Å². The fourth-order valence-corrected chi connectivity index (χ4v) is 1.08. The van der Waals surface area contributed by atoms with Crippen LogP contribution >= 0.6 is 11.6 Å². The Morgan fingerprint density at radius 2 is 2.42 bits per heavy atom. The van der Waals surface area contributed by atoms with E-state index in [0.29, 0.717) is 18.1 Å². The van der Waals surface area contributed by atoms with Crippen molar-refractivity contribution in [2.75, 3.05) is 13.2 Å². The van der Waals surface area contributed by atoms with Crippen molar-refractivity contribution in [2.45, 2.75) is 6.54 Å². The van der Waals surface area contributed by atoms with Crippen LogP contribution in [0.1, 0.15) is 5.56 Å². The average Bonchev–Trinajstić information content (AvgIpc) is 2.09. The lowest BCUT2D eigenvalue weighted by atomic mass is 10.2. The zero-order valence-corrected chi connectivity index (χ0v) is 7.43. The summed E-state index contributed by atoms with van der Waals surface area (Å²) in [6, 6.07) is 8.35. The largest absolute Gasteiger partial charge is 0.395 e. The molecule has 1 radical (unpaired) electrons. The Morgan fingerprint density at radius 1 is 1.58 bits per heavy atom. The van der Waals surface area contributed by atoms with Crippen LogP contribution in [-0.2, 0) is 6.54 Å². The summed E-state index contributed by atoms with van der Waals surface area (Å²) in [5.74, 6) is 0. The highest BCUT2D eigenvalue weighted by atomic mass is 35.5. The Balaban J connectivity index is 2.46. The minimum atomic E-state index is 0.149. The molecule has 0 aliphatic carbocycles. The lowest BCUT2D eigenvalue weighted by molar-refractivity contribution is 0.292. The monoisotopic (exact) mass is 184 g/mol. The Bertz CT molecular complexity index is 240. The van der Waals surface area contributed by atoms with Crippen molar-refractivity contribution in [1.82, 2.24) is 5.32 Å². The van der Waals surface area contributed by atoms with E-state index < -0.39 is 0 Å². The number of halogens is 1. The Kier molecular flexibility index (Phi) is 4.08. The molecule has 0 aliphatic heterocycles. The molecule has 0 atom stereocenters. The van der Waals surface area contributed by atoms with Crippen LogP contribution in [-0.4, -0.2) is 18.3 Å².